The number of anilines is 1. The van der Waals surface area contributed by atoms with E-state index in [1.165, 1.54) is 37.6 Å². The number of nitrogens with one attached hydrogen (secondary N) is 1. The lowest BCUT2D eigenvalue weighted by Gasteiger charge is -2.56. The molecule has 0 radical (unpaired) electrons. The summed E-state index contributed by atoms with van der Waals surface area (Å²) >= 11 is 0. The molecule has 5 N–H and O–H groups in total. The maximum absolute atomic E-state index is 15.0. The fourth-order valence-electron chi connectivity index (χ4n) is 4.06. The normalized spacial score (nSPS) is 23.6. The molecule has 1 aromatic carbocycles. The maximum Gasteiger partial charge on any atom is 0.275 e. The highest BCUT2D eigenvalue weighted by Crippen LogP contribution is 2.76. The van der Waals surface area contributed by atoms with Crippen LogP contribution in [-0.4, -0.2) is 60.3 Å². The average molecular weight is 483 g/mol. The van der Waals surface area contributed by atoms with Gasteiger partial charge in [-0.25, -0.2) is 28.0 Å². The summed E-state index contributed by atoms with van der Waals surface area (Å²) in [5.74, 6) is -1.27. The van der Waals surface area contributed by atoms with E-state index in [1.807, 2.05) is 0 Å². The van der Waals surface area contributed by atoms with E-state index in [4.69, 9.17) is 10.5 Å². The molecule has 0 bridgehead atoms. The number of hydrogen-bond donors (Lipinski definition) is 4. The number of hydrogen-bond acceptors (Lipinski definition) is 9. The molecule has 10 nitrogen and oxygen atoms in total. The van der Waals surface area contributed by atoms with Crippen LogP contribution in [0.25, 0.3) is 0 Å². The third-order valence-corrected chi connectivity index (χ3v) is 8.90. The van der Waals surface area contributed by atoms with Crippen LogP contribution in [0.15, 0.2) is 35.6 Å². The minimum absolute atomic E-state index is 0.0333. The van der Waals surface area contributed by atoms with E-state index >= 15 is 0 Å². The second-order valence-electron chi connectivity index (χ2n) is 7.98. The van der Waals surface area contributed by atoms with Crippen molar-refractivity contribution in [2.45, 2.75) is 30.1 Å². The molecule has 178 valence electrons. The Morgan fingerprint density at radius 1 is 1.33 bits per heavy atom. The number of ether oxygens (including phenoxy) is 1. The predicted octanol–water partition coefficient (Wildman–Crippen LogP) is 2.89. The first-order valence-electron chi connectivity index (χ1n) is 10.0. The topological polar surface area (TPSA) is 146 Å². The first-order chi connectivity index (χ1) is 15.6. The van der Waals surface area contributed by atoms with Crippen molar-refractivity contribution < 1.29 is 27.4 Å². The van der Waals surface area contributed by atoms with Gasteiger partial charge in [0.25, 0.3) is 5.91 Å². The van der Waals surface area contributed by atoms with E-state index in [9.17, 15) is 22.7 Å². The zero-order valence-electron chi connectivity index (χ0n) is 18.0. The van der Waals surface area contributed by atoms with Crippen LogP contribution in [0.2, 0.25) is 0 Å². The highest BCUT2D eigenvalue weighted by molar-refractivity contribution is 8.24. The molecule has 2 aliphatic rings. The molecule has 1 atom stereocenters. The monoisotopic (exact) mass is 482 g/mol. The second kappa shape index (κ2) is 8.08. The van der Waals surface area contributed by atoms with Crippen molar-refractivity contribution in [2.75, 3.05) is 25.6 Å². The number of rotatable bonds is 6. The first kappa shape index (κ1) is 23.1. The third kappa shape index (κ3) is 3.65. The summed E-state index contributed by atoms with van der Waals surface area (Å²) in [6, 6.07) is 3.94. The molecular formula is C20H24F2N6O4S. The molecule has 1 fully saturated rings. The quantitative estimate of drug-likeness (QED) is 0.492. The van der Waals surface area contributed by atoms with Gasteiger partial charge in [0, 0.05) is 18.3 Å². The molecule has 1 aromatic heterocycles. The van der Waals surface area contributed by atoms with Crippen LogP contribution in [-0.2, 0) is 5.54 Å². The van der Waals surface area contributed by atoms with E-state index < -0.39 is 39.5 Å². The highest BCUT2D eigenvalue weighted by atomic mass is 32.3. The number of aliphatic imine (C=N–C) groups is 1. The van der Waals surface area contributed by atoms with Gasteiger partial charge in [0.1, 0.15) is 35.1 Å². The number of carbonyl (C=O) groups excluding carboxylic acids is 1. The number of guanidine groups is 1. The van der Waals surface area contributed by atoms with Crippen molar-refractivity contribution in [3.8, 4) is 5.88 Å². The van der Waals surface area contributed by atoms with Crippen LogP contribution in [0.4, 0.5) is 14.5 Å². The number of nitrogens with two attached hydrogens (primary N) is 1. The predicted molar refractivity (Wildman–Crippen MR) is 119 cm³/mol. The number of carbonyl (C=O) groups is 1. The smallest absolute Gasteiger partial charge is 0.275 e. The van der Waals surface area contributed by atoms with E-state index in [0.717, 1.165) is 4.31 Å². The average Bonchev–Trinajstić information content (AvgIpc) is 3.61. The third-order valence-electron chi connectivity index (χ3n) is 6.09. The van der Waals surface area contributed by atoms with Crippen molar-refractivity contribution in [2.24, 2.45) is 10.7 Å². The summed E-state index contributed by atoms with van der Waals surface area (Å²) in [4.78, 5) is 24.9. The molecule has 1 spiro atoms. The van der Waals surface area contributed by atoms with Crippen molar-refractivity contribution in [1.82, 2.24) is 14.3 Å². The molecular weight excluding hydrogens is 458 g/mol. The highest BCUT2D eigenvalue weighted by Gasteiger charge is 2.70. The van der Waals surface area contributed by atoms with Gasteiger partial charge in [-0.3, -0.25) is 13.9 Å². The van der Waals surface area contributed by atoms with Crippen molar-refractivity contribution >= 4 is 28.3 Å². The number of aromatic nitrogens is 2. The Kier molecular flexibility index (Phi) is 5.66. The molecule has 0 saturated heterocycles. The number of amides is 1. The lowest BCUT2D eigenvalue weighted by Crippen LogP contribution is -2.55. The standard InChI is InChI=1S/C20H24F2N6O4S/c1-19(20(5-6-20)33(30,31)28(2)18(23)27-19)13-9-12(3-4-14(13)22)26-17(29)15-10-25-16(11-24-15)32-8-7-21/h3-4,9-11,30-31H,5-8H2,1-2H3,(H2,23,27)(H,26,29)/t19-/m1/s1. The first-order valence-corrected chi connectivity index (χ1v) is 11.6. The molecule has 2 heterocycles. The summed E-state index contributed by atoms with van der Waals surface area (Å²) in [6.07, 6.45) is 3.22. The minimum Gasteiger partial charge on any atom is -0.474 e. The van der Waals surface area contributed by atoms with E-state index in [-0.39, 0.29) is 35.4 Å². The Labute approximate surface area is 190 Å². The van der Waals surface area contributed by atoms with Gasteiger partial charge in [-0.2, -0.15) is 0 Å². The maximum atomic E-state index is 15.0. The second-order valence-corrected chi connectivity index (χ2v) is 10.3. The molecule has 13 heteroatoms. The van der Waals surface area contributed by atoms with Gasteiger partial charge in [-0.15, -0.1) is 10.8 Å². The Bertz CT molecular complexity index is 1110. The molecule has 33 heavy (non-hydrogen) atoms. The summed E-state index contributed by atoms with van der Waals surface area (Å²) in [7, 11) is -1.93. The SMILES string of the molecule is CN1C(N)=N[C@](C)(c2cc(NC(=O)c3cnc(OCCF)cn3)ccc2F)C2(CC2)S1(O)O. The Hall–Kier alpha value is -3.03. The Balaban J connectivity index is 1.63. The summed E-state index contributed by atoms with van der Waals surface area (Å²) in [5.41, 5.74) is 4.88. The zero-order chi connectivity index (χ0) is 24.0. The lowest BCUT2D eigenvalue weighted by molar-refractivity contribution is 0.102. The van der Waals surface area contributed by atoms with Gasteiger partial charge in [0.05, 0.1) is 12.4 Å². The molecule has 1 amide bonds. The van der Waals surface area contributed by atoms with Gasteiger partial charge in [-0.1, -0.05) is 0 Å². The number of alkyl halides is 1. The van der Waals surface area contributed by atoms with Crippen molar-refractivity contribution in [1.29, 1.82) is 0 Å². The fourth-order valence-corrected chi connectivity index (χ4v) is 6.23. The van der Waals surface area contributed by atoms with E-state index in [1.54, 1.807) is 6.92 Å². The van der Waals surface area contributed by atoms with Crippen LogP contribution in [0, 0.1) is 5.82 Å². The van der Waals surface area contributed by atoms with E-state index in [0.29, 0.717) is 12.8 Å². The summed E-state index contributed by atoms with van der Waals surface area (Å²) in [6.45, 7) is 0.754. The lowest BCUT2D eigenvalue weighted by atomic mass is 9.86. The number of nitrogens with zero attached hydrogens (tertiary/aromatic N) is 4. The van der Waals surface area contributed by atoms with Crippen LogP contribution in [0.1, 0.15) is 35.8 Å². The summed E-state index contributed by atoms with van der Waals surface area (Å²) in [5, 5.41) is 2.62. The van der Waals surface area contributed by atoms with Crippen LogP contribution < -0.4 is 15.8 Å². The van der Waals surface area contributed by atoms with Gasteiger partial charge in [0.15, 0.2) is 0 Å². The number of halogens is 2. The summed E-state index contributed by atoms with van der Waals surface area (Å²) < 4.78 is 54.0. The van der Waals surface area contributed by atoms with Gasteiger partial charge in [0.2, 0.25) is 11.8 Å². The minimum atomic E-state index is -3.37. The molecule has 1 saturated carbocycles. The van der Waals surface area contributed by atoms with Crippen molar-refractivity contribution in [3.63, 3.8) is 0 Å². The van der Waals surface area contributed by atoms with E-state index in [2.05, 4.69) is 20.3 Å². The largest absolute Gasteiger partial charge is 0.474 e. The van der Waals surface area contributed by atoms with Crippen LogP contribution >= 0.6 is 10.8 Å². The Morgan fingerprint density at radius 3 is 2.67 bits per heavy atom. The molecule has 1 aliphatic carbocycles. The zero-order valence-corrected chi connectivity index (χ0v) is 18.8. The molecule has 4 rings (SSSR count). The molecule has 2 aromatic rings. The van der Waals surface area contributed by atoms with Gasteiger partial charge >= 0.3 is 0 Å². The van der Waals surface area contributed by atoms with Crippen molar-refractivity contribution in [3.05, 3.63) is 47.7 Å². The Morgan fingerprint density at radius 2 is 2.06 bits per heavy atom. The number of benzene rings is 1. The molecule has 0 unspecified atom stereocenters. The van der Waals surface area contributed by atoms with Gasteiger partial charge in [-0.05, 0) is 38.0 Å². The fraction of sp³-hybridized carbons (Fsp3) is 0.400. The van der Waals surface area contributed by atoms with Crippen LogP contribution in [0.5, 0.6) is 5.88 Å². The van der Waals surface area contributed by atoms with Gasteiger partial charge < -0.3 is 15.8 Å². The molecule has 1 aliphatic heterocycles. The van der Waals surface area contributed by atoms with Crippen LogP contribution in [0.3, 0.4) is 0 Å².